The number of hydrogen-bond acceptors (Lipinski definition) is 4. The van der Waals surface area contributed by atoms with Gasteiger partial charge in [0.1, 0.15) is 0 Å². The number of nitrogens with one attached hydrogen (secondary N) is 1. The van der Waals surface area contributed by atoms with Crippen molar-refractivity contribution in [1.29, 1.82) is 0 Å². The summed E-state index contributed by atoms with van der Waals surface area (Å²) in [7, 11) is 0. The van der Waals surface area contributed by atoms with Crippen LogP contribution in [-0.4, -0.2) is 46.7 Å². The van der Waals surface area contributed by atoms with Crippen molar-refractivity contribution < 1.29 is 9.90 Å². The van der Waals surface area contributed by atoms with E-state index in [0.717, 1.165) is 32.6 Å². The van der Waals surface area contributed by atoms with Crippen LogP contribution in [0.15, 0.2) is 59.4 Å². The number of pyridine rings is 1. The molecule has 1 fully saturated rings. The van der Waals surface area contributed by atoms with Crippen LogP contribution in [0.2, 0.25) is 0 Å². The summed E-state index contributed by atoms with van der Waals surface area (Å²) in [6.45, 7) is 3.89. The Bertz CT molecular complexity index is 1050. The van der Waals surface area contributed by atoms with Gasteiger partial charge in [-0.05, 0) is 37.7 Å². The van der Waals surface area contributed by atoms with Crippen molar-refractivity contribution in [3.63, 3.8) is 0 Å². The van der Waals surface area contributed by atoms with Crippen LogP contribution in [0.4, 0.5) is 0 Å². The van der Waals surface area contributed by atoms with Crippen LogP contribution in [0.25, 0.3) is 16.5 Å². The van der Waals surface area contributed by atoms with Gasteiger partial charge in [-0.2, -0.15) is 0 Å². The van der Waals surface area contributed by atoms with Gasteiger partial charge in [0.05, 0.1) is 11.3 Å². The first-order chi connectivity index (χ1) is 13.7. The highest BCUT2D eigenvalue weighted by molar-refractivity contribution is 6.04. The summed E-state index contributed by atoms with van der Waals surface area (Å²) < 4.78 is 1.57. The summed E-state index contributed by atoms with van der Waals surface area (Å²) in [4.78, 5) is 27.9. The molecule has 0 spiro atoms. The van der Waals surface area contributed by atoms with E-state index in [9.17, 15) is 14.7 Å². The zero-order valence-electron chi connectivity index (χ0n) is 15.6. The topological polar surface area (TPSA) is 74.6 Å². The molecule has 0 saturated carbocycles. The second kappa shape index (κ2) is 7.96. The lowest BCUT2D eigenvalue weighted by molar-refractivity contribution is 0.0695. The molecule has 0 unspecified atom stereocenters. The average Bonchev–Trinajstić information content (AvgIpc) is 2.97. The first-order valence-electron chi connectivity index (χ1n) is 9.55. The number of rotatable bonds is 4. The van der Waals surface area contributed by atoms with Crippen molar-refractivity contribution in [2.75, 3.05) is 26.2 Å². The Labute approximate surface area is 163 Å². The number of carbonyl (C=O) groups is 1. The molecule has 1 aromatic heterocycles. The minimum Gasteiger partial charge on any atom is -0.478 e. The van der Waals surface area contributed by atoms with E-state index in [0.29, 0.717) is 28.7 Å². The lowest BCUT2D eigenvalue weighted by atomic mass is 10.0. The molecular weight excluding hydrogens is 354 g/mol. The van der Waals surface area contributed by atoms with Gasteiger partial charge < -0.3 is 10.4 Å². The van der Waals surface area contributed by atoms with Crippen molar-refractivity contribution in [2.24, 2.45) is 0 Å². The van der Waals surface area contributed by atoms with E-state index >= 15 is 0 Å². The fourth-order valence-corrected chi connectivity index (χ4v) is 3.91. The first-order valence-corrected chi connectivity index (χ1v) is 9.55. The number of carboxylic acids is 1. The van der Waals surface area contributed by atoms with Crippen molar-refractivity contribution in [3.05, 3.63) is 76.2 Å². The van der Waals surface area contributed by atoms with Crippen molar-refractivity contribution >= 4 is 16.7 Å². The lowest BCUT2D eigenvalue weighted by Crippen LogP contribution is -2.33. The highest BCUT2D eigenvalue weighted by Gasteiger charge is 2.24. The Morgan fingerprint density at radius 1 is 0.964 bits per heavy atom. The number of benzene rings is 2. The summed E-state index contributed by atoms with van der Waals surface area (Å²) in [5.74, 6) is -1.01. The summed E-state index contributed by atoms with van der Waals surface area (Å²) in [6, 6.07) is 16.3. The number of fused-ring (bicyclic) bond motifs is 1. The molecule has 0 amide bonds. The van der Waals surface area contributed by atoms with Crippen LogP contribution in [0.1, 0.15) is 22.5 Å². The van der Waals surface area contributed by atoms with E-state index in [-0.39, 0.29) is 11.1 Å². The zero-order valence-corrected chi connectivity index (χ0v) is 15.6. The van der Waals surface area contributed by atoms with E-state index in [2.05, 4.69) is 10.2 Å². The normalized spacial score (nSPS) is 15.4. The van der Waals surface area contributed by atoms with Gasteiger partial charge in [-0.25, -0.2) is 4.79 Å². The molecule has 2 heterocycles. The quantitative estimate of drug-likeness (QED) is 0.731. The van der Waals surface area contributed by atoms with E-state index < -0.39 is 5.97 Å². The van der Waals surface area contributed by atoms with Gasteiger partial charge in [0, 0.05) is 36.1 Å². The molecule has 2 aromatic carbocycles. The Morgan fingerprint density at radius 2 is 1.68 bits per heavy atom. The fraction of sp³-hybridized carbons (Fsp3) is 0.273. The minimum absolute atomic E-state index is 0.185. The SMILES string of the molecule is O=C(O)c1c(CN2CCCNCC2)n(-c2ccccc2)c(=O)c2ccccc12. The van der Waals surface area contributed by atoms with Gasteiger partial charge in [-0.15, -0.1) is 0 Å². The van der Waals surface area contributed by atoms with Gasteiger partial charge in [0.25, 0.3) is 5.56 Å². The standard InChI is InChI=1S/C22H23N3O3/c26-21-18-10-5-4-9-17(18)20(22(27)28)19(15-24-13-6-11-23-12-14-24)25(21)16-7-2-1-3-8-16/h1-5,7-10,23H,6,11-15H2,(H,27,28). The third-order valence-electron chi connectivity index (χ3n) is 5.22. The Hall–Kier alpha value is -2.96. The molecule has 6 nitrogen and oxygen atoms in total. The molecule has 144 valence electrons. The summed E-state index contributed by atoms with van der Waals surface area (Å²) in [5, 5.41) is 14.3. The summed E-state index contributed by atoms with van der Waals surface area (Å²) >= 11 is 0. The Balaban J connectivity index is 2.00. The number of hydrogen-bond donors (Lipinski definition) is 2. The average molecular weight is 377 g/mol. The maximum atomic E-state index is 13.4. The number of para-hydroxylation sites is 1. The van der Waals surface area contributed by atoms with Gasteiger partial charge in [-0.3, -0.25) is 14.3 Å². The number of aromatic nitrogens is 1. The molecule has 0 bridgehead atoms. The van der Waals surface area contributed by atoms with E-state index in [1.54, 1.807) is 28.8 Å². The summed E-state index contributed by atoms with van der Waals surface area (Å²) in [6.07, 6.45) is 0.992. The predicted octanol–water partition coefficient (Wildman–Crippen LogP) is 2.48. The number of nitrogens with zero attached hydrogens (tertiary/aromatic N) is 2. The van der Waals surface area contributed by atoms with Gasteiger partial charge in [-0.1, -0.05) is 36.4 Å². The maximum absolute atomic E-state index is 13.4. The smallest absolute Gasteiger partial charge is 0.338 e. The molecular formula is C22H23N3O3. The molecule has 0 atom stereocenters. The molecule has 1 saturated heterocycles. The number of aromatic carboxylic acids is 1. The molecule has 0 radical (unpaired) electrons. The molecule has 6 heteroatoms. The van der Waals surface area contributed by atoms with E-state index in [1.807, 2.05) is 30.3 Å². The molecule has 4 rings (SSSR count). The third kappa shape index (κ3) is 3.44. The highest BCUT2D eigenvalue weighted by Crippen LogP contribution is 2.24. The number of carboxylic acid groups (broad SMARTS) is 1. The van der Waals surface area contributed by atoms with E-state index in [4.69, 9.17) is 0 Å². The summed E-state index contributed by atoms with van der Waals surface area (Å²) in [5.41, 5.74) is 1.24. The molecule has 3 aromatic rings. The first kappa shape index (κ1) is 18.4. The molecule has 0 aliphatic carbocycles. The molecule has 1 aliphatic heterocycles. The second-order valence-corrected chi connectivity index (χ2v) is 7.03. The van der Waals surface area contributed by atoms with Crippen molar-refractivity contribution in [3.8, 4) is 5.69 Å². The second-order valence-electron chi connectivity index (χ2n) is 7.03. The third-order valence-corrected chi connectivity index (χ3v) is 5.22. The predicted molar refractivity (Wildman–Crippen MR) is 109 cm³/mol. The van der Waals surface area contributed by atoms with Crippen LogP contribution in [0.3, 0.4) is 0 Å². The van der Waals surface area contributed by atoms with Crippen LogP contribution in [0, 0.1) is 0 Å². The van der Waals surface area contributed by atoms with Gasteiger partial charge in [0.15, 0.2) is 0 Å². The van der Waals surface area contributed by atoms with Crippen molar-refractivity contribution in [2.45, 2.75) is 13.0 Å². The maximum Gasteiger partial charge on any atom is 0.338 e. The van der Waals surface area contributed by atoms with Crippen LogP contribution >= 0.6 is 0 Å². The molecule has 28 heavy (non-hydrogen) atoms. The van der Waals surface area contributed by atoms with Gasteiger partial charge >= 0.3 is 5.97 Å². The molecule has 1 aliphatic rings. The van der Waals surface area contributed by atoms with Crippen LogP contribution < -0.4 is 10.9 Å². The fourth-order valence-electron chi connectivity index (χ4n) is 3.91. The largest absolute Gasteiger partial charge is 0.478 e. The van der Waals surface area contributed by atoms with E-state index in [1.165, 1.54) is 0 Å². The van der Waals surface area contributed by atoms with Crippen molar-refractivity contribution in [1.82, 2.24) is 14.8 Å². The zero-order chi connectivity index (χ0) is 19.5. The molecule has 2 N–H and O–H groups in total. The monoisotopic (exact) mass is 377 g/mol. The van der Waals surface area contributed by atoms with Crippen LogP contribution in [-0.2, 0) is 6.54 Å². The Morgan fingerprint density at radius 3 is 2.43 bits per heavy atom. The highest BCUT2D eigenvalue weighted by atomic mass is 16.4. The van der Waals surface area contributed by atoms with Crippen LogP contribution in [0.5, 0.6) is 0 Å². The van der Waals surface area contributed by atoms with Gasteiger partial charge in [0.2, 0.25) is 0 Å². The lowest BCUT2D eigenvalue weighted by Gasteiger charge is -2.24. The Kier molecular flexibility index (Phi) is 5.23. The minimum atomic E-state index is -1.01.